The largest absolute Gasteiger partial charge is 2.00 e. The minimum absolute atomic E-state index is 0. The standard InChI is InChI=1S/C10H8N2.C8H5NO6.Co.4H2O/c1-5-11-6-2-9(1)10-3-7-12-8-4-10;10-6(11)3-1-4(7(12)13)9-5(2-3)8(14)15;;;;;/h1-8H;1-2H,(H,10,11)(H,12,13)(H,14,15);;4*1H2/q;;+2;;;;. The molecule has 3 aromatic heterocycles. The minimum atomic E-state index is -1.79. The molecule has 0 atom stereocenters. The fraction of sp³-hybridized carbons (Fsp3) is 0. The maximum Gasteiger partial charge on any atom is 2.00 e. The van der Waals surface area contributed by atoms with Crippen LogP contribution in [0.4, 0.5) is 0 Å². The zero-order valence-corrected chi connectivity index (χ0v) is 17.1. The van der Waals surface area contributed by atoms with Gasteiger partial charge < -0.3 is 51.6 Å². The molecule has 14 heteroatoms. The average Bonchev–Trinajstić information content (AvgIpc) is 2.69. The Morgan fingerprint density at radius 3 is 1.50 bits per heavy atom. The number of aromatic carboxylic acids is 3. The molecular weight excluding hydrogens is 477 g/mol. The summed E-state index contributed by atoms with van der Waals surface area (Å²) in [5.41, 5.74) is 0.158. The van der Waals surface area contributed by atoms with Gasteiger partial charge >= 0.3 is 16.8 Å². The van der Waals surface area contributed by atoms with E-state index in [0.29, 0.717) is 12.1 Å². The van der Waals surface area contributed by atoms with Crippen LogP contribution in [-0.4, -0.2) is 38.8 Å². The van der Waals surface area contributed by atoms with Crippen LogP contribution in [0.5, 0.6) is 0 Å². The number of nitrogens with one attached hydrogen (secondary N) is 1. The first-order valence-corrected chi connectivity index (χ1v) is 7.41. The van der Waals surface area contributed by atoms with E-state index in [1.807, 2.05) is 36.7 Å². The Morgan fingerprint density at radius 1 is 0.719 bits per heavy atom. The van der Waals surface area contributed by atoms with Crippen LogP contribution in [0, 0.1) is 0 Å². The molecule has 0 aromatic carbocycles. The Hall–Kier alpha value is -3.79. The SMILES string of the molecule is O.O.O=C([O-])c1cc(C(=O)[O-])nc(C(=O)[O-])c1.[Co+2].[OH3+].[OH3+].c1cc(-c2cc[nH+]cc2)ccn1. The Morgan fingerprint density at radius 2 is 1.12 bits per heavy atom. The van der Waals surface area contributed by atoms with E-state index in [1.54, 1.807) is 12.4 Å². The van der Waals surface area contributed by atoms with Gasteiger partial charge in [0.05, 0.1) is 29.3 Å². The summed E-state index contributed by atoms with van der Waals surface area (Å²) in [6.45, 7) is 0. The molecule has 0 aliphatic heterocycles. The fourth-order valence-corrected chi connectivity index (χ4v) is 1.98. The maximum atomic E-state index is 10.4. The molecule has 3 rings (SSSR count). The number of carbonyl (C=O) groups is 3. The number of rotatable bonds is 4. The normalized spacial score (nSPS) is 8.12. The minimum Gasteiger partial charge on any atom is -0.545 e. The number of hydrogen-bond donors (Lipinski definition) is 0. The number of carbonyl (C=O) groups excluding carboxylic acids is 3. The summed E-state index contributed by atoms with van der Waals surface area (Å²) in [6, 6.07) is 9.34. The summed E-state index contributed by atoms with van der Waals surface area (Å²) in [6.07, 6.45) is 7.42. The summed E-state index contributed by atoms with van der Waals surface area (Å²) < 4.78 is 0. The molecule has 0 amide bonds. The van der Waals surface area contributed by atoms with E-state index in [1.165, 1.54) is 11.1 Å². The van der Waals surface area contributed by atoms with E-state index < -0.39 is 34.9 Å². The van der Waals surface area contributed by atoms with Gasteiger partial charge in [-0.15, -0.1) is 0 Å². The van der Waals surface area contributed by atoms with E-state index >= 15 is 0 Å². The molecule has 0 aliphatic carbocycles. The van der Waals surface area contributed by atoms with Crippen molar-refractivity contribution in [2.75, 3.05) is 0 Å². The molecule has 175 valence electrons. The summed E-state index contributed by atoms with van der Waals surface area (Å²) >= 11 is 0. The number of nitrogens with zero attached hydrogens (tertiary/aromatic N) is 2. The Labute approximate surface area is 190 Å². The summed E-state index contributed by atoms with van der Waals surface area (Å²) in [5.74, 6) is -5.30. The second-order valence-corrected chi connectivity index (χ2v) is 5.01. The van der Waals surface area contributed by atoms with Gasteiger partial charge in [0.2, 0.25) is 0 Å². The van der Waals surface area contributed by atoms with Crippen molar-refractivity contribution in [3.8, 4) is 11.1 Å². The molecule has 3 aromatic rings. The zero-order chi connectivity index (χ0) is 19.8. The number of H-pyrrole nitrogens is 1. The van der Waals surface area contributed by atoms with E-state index in [4.69, 9.17) is 0 Å². The van der Waals surface area contributed by atoms with Crippen molar-refractivity contribution in [2.24, 2.45) is 0 Å². The quantitative estimate of drug-likeness (QED) is 0.311. The van der Waals surface area contributed by atoms with Crippen molar-refractivity contribution in [2.45, 2.75) is 0 Å². The second-order valence-electron chi connectivity index (χ2n) is 5.01. The van der Waals surface area contributed by atoms with Crippen molar-refractivity contribution in [3.63, 3.8) is 0 Å². The van der Waals surface area contributed by atoms with Crippen molar-refractivity contribution < 1.29 is 73.4 Å². The van der Waals surface area contributed by atoms with Gasteiger partial charge in [0.1, 0.15) is 0 Å². The first-order valence-electron chi connectivity index (χ1n) is 7.41. The monoisotopic (exact) mass is 498 g/mol. The van der Waals surface area contributed by atoms with Crippen LogP contribution in [0.3, 0.4) is 0 Å². The van der Waals surface area contributed by atoms with Gasteiger partial charge in [-0.1, -0.05) is 0 Å². The Bertz CT molecular complexity index is 859. The van der Waals surface area contributed by atoms with Gasteiger partial charge in [-0.2, -0.15) is 0 Å². The number of hydrogen-bond acceptors (Lipinski definition) is 8. The third-order valence-corrected chi connectivity index (χ3v) is 3.21. The van der Waals surface area contributed by atoms with Crippen LogP contribution in [0.15, 0.2) is 61.2 Å². The molecule has 0 bridgehead atoms. The van der Waals surface area contributed by atoms with Crippen LogP contribution >= 0.6 is 0 Å². The van der Waals surface area contributed by atoms with Crippen LogP contribution in [0.25, 0.3) is 11.1 Å². The molecule has 0 saturated heterocycles. The fourth-order valence-electron chi connectivity index (χ4n) is 1.98. The third kappa shape index (κ3) is 10.3. The van der Waals surface area contributed by atoms with Crippen LogP contribution < -0.4 is 20.3 Å². The van der Waals surface area contributed by atoms with Gasteiger partial charge in [-0.3, -0.25) is 4.98 Å². The van der Waals surface area contributed by atoms with Crippen molar-refractivity contribution in [3.05, 3.63) is 78.1 Å². The van der Waals surface area contributed by atoms with E-state index in [0.717, 1.165) is 0 Å². The van der Waals surface area contributed by atoms with Crippen molar-refractivity contribution in [1.29, 1.82) is 0 Å². The molecule has 11 N–H and O–H groups in total. The predicted molar refractivity (Wildman–Crippen MR) is 100 cm³/mol. The Balaban J connectivity index is -0.000000215. The molecule has 0 aliphatic rings. The number of carboxylic acid groups (broad SMARTS) is 3. The van der Waals surface area contributed by atoms with E-state index in [-0.39, 0.29) is 38.7 Å². The predicted octanol–water partition coefficient (Wildman–Crippen LogP) is -5.76. The molecule has 3 heterocycles. The number of pyridine rings is 3. The zero-order valence-electron chi connectivity index (χ0n) is 16.1. The molecule has 0 unspecified atom stereocenters. The average molecular weight is 498 g/mol. The topological polar surface area (TPSA) is 289 Å². The van der Waals surface area contributed by atoms with Crippen LogP contribution in [0.1, 0.15) is 31.3 Å². The maximum absolute atomic E-state index is 10.4. The van der Waals surface area contributed by atoms with Gasteiger partial charge in [0.15, 0.2) is 12.4 Å². The second kappa shape index (κ2) is 16.9. The molecule has 13 nitrogen and oxygen atoms in total. The number of carboxylic acids is 3. The van der Waals surface area contributed by atoms with Gasteiger partial charge in [-0.05, 0) is 35.4 Å². The Kier molecular flexibility index (Phi) is 18.9. The third-order valence-electron chi connectivity index (χ3n) is 3.21. The molecule has 0 fully saturated rings. The van der Waals surface area contributed by atoms with E-state index in [9.17, 15) is 29.7 Å². The molecular formula is C18H21CoN3O10+2. The first-order chi connectivity index (χ1) is 12.9. The molecule has 32 heavy (non-hydrogen) atoms. The smallest absolute Gasteiger partial charge is 0.545 e. The van der Waals surface area contributed by atoms with Crippen molar-refractivity contribution in [1.82, 2.24) is 9.97 Å². The van der Waals surface area contributed by atoms with Gasteiger partial charge in [0.25, 0.3) is 0 Å². The first kappa shape index (κ1) is 35.6. The summed E-state index contributed by atoms with van der Waals surface area (Å²) in [7, 11) is 0. The summed E-state index contributed by atoms with van der Waals surface area (Å²) in [5, 5.41) is 31.1. The molecule has 0 spiro atoms. The van der Waals surface area contributed by atoms with E-state index in [2.05, 4.69) is 15.0 Å². The van der Waals surface area contributed by atoms with Crippen LogP contribution in [-0.2, 0) is 27.7 Å². The van der Waals surface area contributed by atoms with Crippen molar-refractivity contribution >= 4 is 17.9 Å². The molecule has 1 radical (unpaired) electrons. The number of aromatic amines is 1. The van der Waals surface area contributed by atoms with Gasteiger partial charge in [0, 0.05) is 30.1 Å². The summed E-state index contributed by atoms with van der Waals surface area (Å²) in [4.78, 5) is 41.1. The molecule has 0 saturated carbocycles. The number of aromatic nitrogens is 3. The van der Waals surface area contributed by atoms with Gasteiger partial charge in [-0.25, -0.2) is 9.97 Å². The van der Waals surface area contributed by atoms with Crippen LogP contribution in [0.2, 0.25) is 0 Å².